The van der Waals surface area contributed by atoms with E-state index in [4.69, 9.17) is 16.4 Å². The molecule has 1 aliphatic carbocycles. The molecular weight excluding hydrogens is 305 g/mol. The van der Waals surface area contributed by atoms with Gasteiger partial charge in [0, 0.05) is 9.50 Å². The Balaban J connectivity index is 1.96. The topological polar surface area (TPSA) is 38.3 Å². The predicted octanol–water partition coefficient (Wildman–Crippen LogP) is 3.71. The Bertz CT molecular complexity index is 419. The number of carbonyl (C=O) groups excluding carboxylic acids is 1. The van der Waals surface area contributed by atoms with Crippen molar-refractivity contribution in [2.45, 2.75) is 31.8 Å². The van der Waals surface area contributed by atoms with Crippen molar-refractivity contribution in [3.8, 4) is 0 Å². The van der Waals surface area contributed by atoms with Gasteiger partial charge in [-0.25, -0.2) is 5.48 Å². The molecule has 1 fully saturated rings. The number of rotatable bonds is 3. The standard InChI is InChI=1S/C12H13BrClNO2/c13-11-6-5-8(14)7-10(11)12(16)15-17-9-3-1-2-4-9/h5-7,9H,1-4H2,(H,15,16). The zero-order valence-electron chi connectivity index (χ0n) is 9.21. The van der Waals surface area contributed by atoms with Gasteiger partial charge in [-0.15, -0.1) is 0 Å². The molecule has 1 saturated carbocycles. The highest BCUT2D eigenvalue weighted by Gasteiger charge is 2.18. The Morgan fingerprint density at radius 3 is 2.82 bits per heavy atom. The maximum absolute atomic E-state index is 11.8. The van der Waals surface area contributed by atoms with Crippen molar-refractivity contribution in [1.29, 1.82) is 0 Å². The highest BCUT2D eigenvalue weighted by molar-refractivity contribution is 9.10. The number of benzene rings is 1. The van der Waals surface area contributed by atoms with Crippen molar-refractivity contribution < 1.29 is 9.63 Å². The second-order valence-corrected chi connectivity index (χ2v) is 5.37. The summed E-state index contributed by atoms with van der Waals surface area (Å²) in [6, 6.07) is 5.08. The molecule has 0 aliphatic heterocycles. The van der Waals surface area contributed by atoms with Crippen molar-refractivity contribution in [2.75, 3.05) is 0 Å². The first-order chi connectivity index (χ1) is 8.16. The fraction of sp³-hybridized carbons (Fsp3) is 0.417. The monoisotopic (exact) mass is 317 g/mol. The van der Waals surface area contributed by atoms with Crippen molar-refractivity contribution in [1.82, 2.24) is 5.48 Å². The van der Waals surface area contributed by atoms with Crippen molar-refractivity contribution in [3.63, 3.8) is 0 Å². The molecule has 0 bridgehead atoms. The number of hydrogen-bond donors (Lipinski definition) is 1. The molecule has 3 nitrogen and oxygen atoms in total. The van der Waals surface area contributed by atoms with E-state index in [0.717, 1.165) is 12.8 Å². The molecule has 0 saturated heterocycles. The second kappa shape index (κ2) is 5.85. The Morgan fingerprint density at radius 1 is 1.41 bits per heavy atom. The van der Waals surface area contributed by atoms with Crippen LogP contribution in [-0.4, -0.2) is 12.0 Å². The third kappa shape index (κ3) is 3.44. The maximum atomic E-state index is 11.8. The molecule has 0 spiro atoms. The molecule has 1 aliphatic rings. The molecule has 1 aromatic carbocycles. The van der Waals surface area contributed by atoms with E-state index >= 15 is 0 Å². The summed E-state index contributed by atoms with van der Waals surface area (Å²) in [5.41, 5.74) is 2.96. The van der Waals surface area contributed by atoms with Crippen LogP contribution in [0.5, 0.6) is 0 Å². The lowest BCUT2D eigenvalue weighted by molar-refractivity contribution is -0.0125. The van der Waals surface area contributed by atoms with Crippen LogP contribution in [0.1, 0.15) is 36.0 Å². The zero-order chi connectivity index (χ0) is 12.3. The van der Waals surface area contributed by atoms with Gasteiger partial charge in [0.1, 0.15) is 0 Å². The average Bonchev–Trinajstić information content (AvgIpc) is 2.82. The molecule has 1 amide bonds. The number of halogens is 2. The molecule has 2 rings (SSSR count). The first-order valence-corrected chi connectivity index (χ1v) is 6.75. The third-order valence-corrected chi connectivity index (χ3v) is 3.72. The lowest BCUT2D eigenvalue weighted by Crippen LogP contribution is -2.28. The third-order valence-electron chi connectivity index (χ3n) is 2.79. The number of carbonyl (C=O) groups is 1. The molecule has 0 aromatic heterocycles. The number of nitrogens with one attached hydrogen (secondary N) is 1. The van der Waals surface area contributed by atoms with E-state index in [-0.39, 0.29) is 12.0 Å². The Hall–Kier alpha value is -0.580. The van der Waals surface area contributed by atoms with Gasteiger partial charge in [-0.2, -0.15) is 0 Å². The van der Waals surface area contributed by atoms with Crippen LogP contribution < -0.4 is 5.48 Å². The minimum Gasteiger partial charge on any atom is -0.270 e. The van der Waals surface area contributed by atoms with Gasteiger partial charge in [-0.3, -0.25) is 9.63 Å². The maximum Gasteiger partial charge on any atom is 0.276 e. The zero-order valence-corrected chi connectivity index (χ0v) is 11.6. The largest absolute Gasteiger partial charge is 0.276 e. The van der Waals surface area contributed by atoms with E-state index in [1.165, 1.54) is 12.8 Å². The first kappa shape index (κ1) is 12.9. The van der Waals surface area contributed by atoms with Gasteiger partial charge in [-0.1, -0.05) is 24.4 Å². The molecule has 0 heterocycles. The summed E-state index contributed by atoms with van der Waals surface area (Å²) in [6.45, 7) is 0. The molecular formula is C12H13BrClNO2. The van der Waals surface area contributed by atoms with Gasteiger partial charge < -0.3 is 0 Å². The quantitative estimate of drug-likeness (QED) is 0.863. The van der Waals surface area contributed by atoms with Crippen molar-refractivity contribution >= 4 is 33.4 Å². The van der Waals surface area contributed by atoms with Crippen LogP contribution in [0, 0.1) is 0 Å². The lowest BCUT2D eigenvalue weighted by Gasteiger charge is -2.12. The summed E-state index contributed by atoms with van der Waals surface area (Å²) >= 11 is 9.16. The Kier molecular flexibility index (Phi) is 4.42. The predicted molar refractivity (Wildman–Crippen MR) is 70.0 cm³/mol. The van der Waals surface area contributed by atoms with E-state index in [2.05, 4.69) is 21.4 Å². The second-order valence-electron chi connectivity index (χ2n) is 4.08. The van der Waals surface area contributed by atoms with Crippen LogP contribution >= 0.6 is 27.5 Å². The van der Waals surface area contributed by atoms with Crippen LogP contribution in [0.3, 0.4) is 0 Å². The lowest BCUT2D eigenvalue weighted by atomic mass is 10.2. The molecule has 17 heavy (non-hydrogen) atoms. The van der Waals surface area contributed by atoms with E-state index in [1.54, 1.807) is 18.2 Å². The average molecular weight is 319 g/mol. The van der Waals surface area contributed by atoms with Crippen molar-refractivity contribution in [3.05, 3.63) is 33.3 Å². The fourth-order valence-corrected chi connectivity index (χ4v) is 2.47. The van der Waals surface area contributed by atoms with Gasteiger partial charge in [0.25, 0.3) is 5.91 Å². The molecule has 0 radical (unpaired) electrons. The number of amides is 1. The summed E-state index contributed by atoms with van der Waals surface area (Å²) in [5, 5.41) is 0.527. The highest BCUT2D eigenvalue weighted by atomic mass is 79.9. The summed E-state index contributed by atoms with van der Waals surface area (Å²) in [6.07, 6.45) is 4.51. The summed E-state index contributed by atoms with van der Waals surface area (Å²) in [4.78, 5) is 17.2. The smallest absolute Gasteiger partial charge is 0.270 e. The minimum atomic E-state index is -0.272. The van der Waals surface area contributed by atoms with Crippen molar-refractivity contribution in [2.24, 2.45) is 0 Å². The van der Waals surface area contributed by atoms with Crippen LogP contribution in [-0.2, 0) is 4.84 Å². The molecule has 1 aromatic rings. The number of hydroxylamine groups is 1. The van der Waals surface area contributed by atoms with Crippen LogP contribution in [0.4, 0.5) is 0 Å². The Labute approximate surface area is 114 Å². The Morgan fingerprint density at radius 2 is 2.12 bits per heavy atom. The summed E-state index contributed by atoms with van der Waals surface area (Å²) in [5.74, 6) is -0.272. The molecule has 5 heteroatoms. The van der Waals surface area contributed by atoms with Crippen LogP contribution in [0.25, 0.3) is 0 Å². The SMILES string of the molecule is O=C(NOC1CCCC1)c1cc(Cl)ccc1Br. The van der Waals surface area contributed by atoms with Crippen LogP contribution in [0.2, 0.25) is 5.02 Å². The van der Waals surface area contributed by atoms with Gasteiger partial charge in [-0.05, 0) is 47.0 Å². The van der Waals surface area contributed by atoms with E-state index in [0.29, 0.717) is 15.1 Å². The molecule has 92 valence electrons. The molecule has 0 atom stereocenters. The summed E-state index contributed by atoms with van der Waals surface area (Å²) < 4.78 is 0.703. The van der Waals surface area contributed by atoms with E-state index in [9.17, 15) is 4.79 Å². The minimum absolute atomic E-state index is 0.150. The van der Waals surface area contributed by atoms with E-state index < -0.39 is 0 Å². The molecule has 0 unspecified atom stereocenters. The first-order valence-electron chi connectivity index (χ1n) is 5.58. The van der Waals surface area contributed by atoms with Crippen LogP contribution in [0.15, 0.2) is 22.7 Å². The number of hydrogen-bond acceptors (Lipinski definition) is 2. The van der Waals surface area contributed by atoms with Gasteiger partial charge >= 0.3 is 0 Å². The fourth-order valence-electron chi connectivity index (χ4n) is 1.87. The molecule has 1 N–H and O–H groups in total. The normalized spacial score (nSPS) is 16.1. The van der Waals surface area contributed by atoms with Gasteiger partial charge in [0.05, 0.1) is 11.7 Å². The summed E-state index contributed by atoms with van der Waals surface area (Å²) in [7, 11) is 0. The van der Waals surface area contributed by atoms with E-state index in [1.807, 2.05) is 0 Å². The highest BCUT2D eigenvalue weighted by Crippen LogP contribution is 2.22. The van der Waals surface area contributed by atoms with Gasteiger partial charge in [0.2, 0.25) is 0 Å². The van der Waals surface area contributed by atoms with Gasteiger partial charge in [0.15, 0.2) is 0 Å².